The standard InChI is InChI=1S/C21H26N2O4S2/c1-29(25,26)27-19-12-6-5-8-16(19)13-15-28-21-18(11-7-14-22-21)20(24)23-17-9-3-2-4-10-17/h5-8,11-12,14,17H,2-4,9-10,13,15H2,1H3,(H,23,24). The molecule has 1 saturated carbocycles. The fourth-order valence-corrected chi connectivity index (χ4v) is 4.86. The molecule has 1 aliphatic rings. The minimum absolute atomic E-state index is 0.0756. The van der Waals surface area contributed by atoms with Crippen LogP contribution in [0, 0.1) is 0 Å². The number of carbonyl (C=O) groups is 1. The van der Waals surface area contributed by atoms with Crippen LogP contribution in [-0.4, -0.2) is 37.4 Å². The van der Waals surface area contributed by atoms with Crippen molar-refractivity contribution < 1.29 is 17.4 Å². The van der Waals surface area contributed by atoms with Gasteiger partial charge in [0.25, 0.3) is 5.91 Å². The summed E-state index contributed by atoms with van der Waals surface area (Å²) >= 11 is 1.48. The molecule has 1 aliphatic carbocycles. The third-order valence-corrected chi connectivity index (χ3v) is 6.27. The van der Waals surface area contributed by atoms with E-state index in [-0.39, 0.29) is 11.9 Å². The van der Waals surface area contributed by atoms with Gasteiger partial charge in [0.2, 0.25) is 0 Å². The van der Waals surface area contributed by atoms with Gasteiger partial charge in [-0.25, -0.2) is 4.98 Å². The molecule has 156 valence electrons. The molecule has 3 rings (SSSR count). The van der Waals surface area contributed by atoms with Gasteiger partial charge in [-0.05, 0) is 43.0 Å². The predicted octanol–water partition coefficient (Wildman–Crippen LogP) is 3.82. The Kier molecular flexibility index (Phi) is 7.55. The molecule has 8 heteroatoms. The molecule has 0 radical (unpaired) electrons. The summed E-state index contributed by atoms with van der Waals surface area (Å²) in [7, 11) is -3.58. The lowest BCUT2D eigenvalue weighted by atomic mass is 9.95. The van der Waals surface area contributed by atoms with E-state index in [1.807, 2.05) is 12.1 Å². The van der Waals surface area contributed by atoms with Crippen molar-refractivity contribution in [3.63, 3.8) is 0 Å². The third-order valence-electron chi connectivity index (χ3n) is 4.78. The van der Waals surface area contributed by atoms with E-state index in [9.17, 15) is 13.2 Å². The van der Waals surface area contributed by atoms with Crippen molar-refractivity contribution in [1.82, 2.24) is 10.3 Å². The molecular weight excluding hydrogens is 408 g/mol. The summed E-state index contributed by atoms with van der Waals surface area (Å²) in [4.78, 5) is 17.1. The van der Waals surface area contributed by atoms with Crippen molar-refractivity contribution in [3.8, 4) is 5.75 Å². The number of hydrogen-bond acceptors (Lipinski definition) is 6. The molecule has 2 aromatic rings. The fourth-order valence-electron chi connectivity index (χ4n) is 3.40. The van der Waals surface area contributed by atoms with E-state index >= 15 is 0 Å². The first-order valence-corrected chi connectivity index (χ1v) is 12.6. The van der Waals surface area contributed by atoms with Crippen molar-refractivity contribution in [2.24, 2.45) is 0 Å². The quantitative estimate of drug-likeness (QED) is 0.502. The zero-order chi connectivity index (χ0) is 20.7. The van der Waals surface area contributed by atoms with Crippen LogP contribution in [0.1, 0.15) is 48.0 Å². The van der Waals surface area contributed by atoms with Gasteiger partial charge in [-0.2, -0.15) is 8.42 Å². The molecule has 0 atom stereocenters. The Balaban J connectivity index is 1.63. The van der Waals surface area contributed by atoms with Crippen molar-refractivity contribution in [3.05, 3.63) is 53.7 Å². The summed E-state index contributed by atoms with van der Waals surface area (Å²) in [6.45, 7) is 0. The summed E-state index contributed by atoms with van der Waals surface area (Å²) in [6.07, 6.45) is 8.94. The number of amides is 1. The number of benzene rings is 1. The van der Waals surface area contributed by atoms with E-state index in [4.69, 9.17) is 4.18 Å². The van der Waals surface area contributed by atoms with Gasteiger partial charge in [0.1, 0.15) is 10.8 Å². The van der Waals surface area contributed by atoms with E-state index in [0.717, 1.165) is 37.5 Å². The first-order chi connectivity index (χ1) is 13.9. The van der Waals surface area contributed by atoms with Crippen LogP contribution in [0.5, 0.6) is 5.75 Å². The highest BCUT2D eigenvalue weighted by molar-refractivity contribution is 7.99. The molecule has 1 fully saturated rings. The Hall–Kier alpha value is -2.06. The van der Waals surface area contributed by atoms with Crippen LogP contribution in [-0.2, 0) is 16.5 Å². The largest absolute Gasteiger partial charge is 0.382 e. The molecule has 6 nitrogen and oxygen atoms in total. The molecule has 0 aliphatic heterocycles. The molecule has 29 heavy (non-hydrogen) atoms. The number of aromatic nitrogens is 1. The Labute approximate surface area is 176 Å². The third kappa shape index (κ3) is 6.75. The maximum atomic E-state index is 12.7. The molecule has 0 bridgehead atoms. The number of aryl methyl sites for hydroxylation is 1. The SMILES string of the molecule is CS(=O)(=O)Oc1ccccc1CCSc1ncccc1C(=O)NC1CCCCC1. The van der Waals surface area contributed by atoms with Crippen molar-refractivity contribution in [2.45, 2.75) is 49.6 Å². The molecule has 0 spiro atoms. The summed E-state index contributed by atoms with van der Waals surface area (Å²) in [6, 6.07) is 10.9. The van der Waals surface area contributed by atoms with Gasteiger partial charge in [0.05, 0.1) is 11.8 Å². The zero-order valence-corrected chi connectivity index (χ0v) is 18.1. The monoisotopic (exact) mass is 434 g/mol. The Bertz CT molecular complexity index is 941. The normalized spacial score (nSPS) is 15.1. The Morgan fingerprint density at radius 1 is 1.17 bits per heavy atom. The molecule has 1 heterocycles. The number of para-hydroxylation sites is 1. The van der Waals surface area contributed by atoms with Crippen LogP contribution in [0.4, 0.5) is 0 Å². The van der Waals surface area contributed by atoms with Crippen LogP contribution in [0.3, 0.4) is 0 Å². The van der Waals surface area contributed by atoms with Crippen LogP contribution in [0.2, 0.25) is 0 Å². The summed E-state index contributed by atoms with van der Waals surface area (Å²) in [5.74, 6) is 0.908. The summed E-state index contributed by atoms with van der Waals surface area (Å²) in [5, 5.41) is 3.82. The minimum Gasteiger partial charge on any atom is -0.382 e. The minimum atomic E-state index is -3.58. The lowest BCUT2D eigenvalue weighted by Gasteiger charge is -2.23. The lowest BCUT2D eigenvalue weighted by Crippen LogP contribution is -2.36. The number of thioether (sulfide) groups is 1. The average Bonchev–Trinajstić information content (AvgIpc) is 2.69. The molecule has 1 N–H and O–H groups in total. The number of nitrogens with one attached hydrogen (secondary N) is 1. The topological polar surface area (TPSA) is 85.4 Å². The molecular formula is C21H26N2O4S2. The van der Waals surface area contributed by atoms with Gasteiger partial charge in [-0.15, -0.1) is 11.8 Å². The maximum Gasteiger partial charge on any atom is 0.306 e. The maximum absolute atomic E-state index is 12.7. The van der Waals surface area contributed by atoms with Crippen molar-refractivity contribution >= 4 is 27.8 Å². The first-order valence-electron chi connectivity index (χ1n) is 9.78. The number of hydrogen-bond donors (Lipinski definition) is 1. The summed E-state index contributed by atoms with van der Waals surface area (Å²) < 4.78 is 28.0. The number of carbonyl (C=O) groups excluding carboxylic acids is 1. The van der Waals surface area contributed by atoms with Crippen LogP contribution in [0.25, 0.3) is 0 Å². The van der Waals surface area contributed by atoms with Crippen molar-refractivity contribution in [1.29, 1.82) is 0 Å². The van der Waals surface area contributed by atoms with E-state index in [1.165, 1.54) is 18.2 Å². The lowest BCUT2D eigenvalue weighted by molar-refractivity contribution is 0.0924. The second-order valence-corrected chi connectivity index (χ2v) is 9.82. The predicted molar refractivity (Wildman–Crippen MR) is 115 cm³/mol. The molecule has 1 amide bonds. The number of rotatable bonds is 8. The van der Waals surface area contributed by atoms with Crippen LogP contribution in [0.15, 0.2) is 47.6 Å². The second-order valence-electron chi connectivity index (χ2n) is 7.16. The molecule has 0 unspecified atom stereocenters. The smallest absolute Gasteiger partial charge is 0.306 e. The number of pyridine rings is 1. The van der Waals surface area contributed by atoms with Crippen LogP contribution < -0.4 is 9.50 Å². The van der Waals surface area contributed by atoms with Gasteiger partial charge in [-0.3, -0.25) is 4.79 Å². The number of nitrogens with zero attached hydrogens (tertiary/aromatic N) is 1. The van der Waals surface area contributed by atoms with Gasteiger partial charge >= 0.3 is 10.1 Å². The molecule has 1 aromatic heterocycles. The first kappa shape index (κ1) is 21.6. The van der Waals surface area contributed by atoms with Gasteiger partial charge < -0.3 is 9.50 Å². The van der Waals surface area contributed by atoms with Gasteiger partial charge in [0.15, 0.2) is 0 Å². The summed E-state index contributed by atoms with van der Waals surface area (Å²) in [5.41, 5.74) is 1.39. The van der Waals surface area contributed by atoms with E-state index in [2.05, 4.69) is 10.3 Å². The Morgan fingerprint density at radius 2 is 1.93 bits per heavy atom. The highest BCUT2D eigenvalue weighted by Gasteiger charge is 2.19. The van der Waals surface area contributed by atoms with E-state index < -0.39 is 10.1 Å². The van der Waals surface area contributed by atoms with E-state index in [1.54, 1.807) is 30.5 Å². The molecule has 0 saturated heterocycles. The van der Waals surface area contributed by atoms with Crippen molar-refractivity contribution in [2.75, 3.05) is 12.0 Å². The highest BCUT2D eigenvalue weighted by Crippen LogP contribution is 2.26. The van der Waals surface area contributed by atoms with Crippen LogP contribution >= 0.6 is 11.8 Å². The molecule has 1 aromatic carbocycles. The Morgan fingerprint density at radius 3 is 2.69 bits per heavy atom. The second kappa shape index (κ2) is 10.1. The van der Waals surface area contributed by atoms with Gasteiger partial charge in [0, 0.05) is 18.0 Å². The average molecular weight is 435 g/mol. The zero-order valence-electron chi connectivity index (χ0n) is 16.5. The van der Waals surface area contributed by atoms with E-state index in [0.29, 0.717) is 28.5 Å². The fraction of sp³-hybridized carbons (Fsp3) is 0.429. The van der Waals surface area contributed by atoms with Gasteiger partial charge in [-0.1, -0.05) is 37.5 Å². The highest BCUT2D eigenvalue weighted by atomic mass is 32.2.